The second kappa shape index (κ2) is 6.23. The maximum Gasteiger partial charge on any atom is 0.189 e. The third kappa shape index (κ3) is 2.72. The van der Waals surface area contributed by atoms with Crippen molar-refractivity contribution in [3.63, 3.8) is 0 Å². The molecule has 0 amide bonds. The van der Waals surface area contributed by atoms with Gasteiger partial charge in [-0.25, -0.2) is 9.97 Å². The van der Waals surface area contributed by atoms with Gasteiger partial charge in [-0.2, -0.15) is 0 Å². The molecule has 0 saturated heterocycles. The van der Waals surface area contributed by atoms with Crippen LogP contribution in [0.4, 0.5) is 11.5 Å². The van der Waals surface area contributed by atoms with Crippen molar-refractivity contribution >= 4 is 34.2 Å². The molecule has 5 heteroatoms. The lowest BCUT2D eigenvalue weighted by molar-refractivity contribution is 0.415. The van der Waals surface area contributed by atoms with Gasteiger partial charge in [-0.15, -0.1) is 0 Å². The Morgan fingerprint density at radius 3 is 2.41 bits per heavy atom. The Morgan fingerprint density at radius 2 is 1.73 bits per heavy atom. The summed E-state index contributed by atoms with van der Waals surface area (Å²) in [6.45, 7) is 0. The van der Waals surface area contributed by atoms with Gasteiger partial charge in [0.2, 0.25) is 0 Å². The number of hydrogen-bond acceptors (Lipinski definition) is 5. The number of hydrogen-bond donors (Lipinski definition) is 0. The average molecular weight is 311 g/mol. The number of nitrogens with zero attached hydrogens (tertiary/aromatic N) is 3. The molecule has 2 aromatic carbocycles. The van der Waals surface area contributed by atoms with Crippen LogP contribution in [0.5, 0.6) is 5.75 Å². The predicted molar refractivity (Wildman–Crippen MR) is 92.4 cm³/mol. The summed E-state index contributed by atoms with van der Waals surface area (Å²) >= 11 is 1.55. The smallest absolute Gasteiger partial charge is 0.189 e. The second-order valence-corrected chi connectivity index (χ2v) is 5.58. The highest BCUT2D eigenvalue weighted by atomic mass is 32.2. The van der Waals surface area contributed by atoms with Gasteiger partial charge in [0.05, 0.1) is 12.6 Å². The Bertz CT molecular complexity index is 790. The number of para-hydroxylation sites is 1. The quantitative estimate of drug-likeness (QED) is 0.535. The van der Waals surface area contributed by atoms with Crippen LogP contribution in [0.25, 0.3) is 10.9 Å². The van der Waals surface area contributed by atoms with Crippen molar-refractivity contribution < 1.29 is 4.74 Å². The largest absolute Gasteiger partial charge is 0.497 e. The standard InChI is InChI=1S/C17H17N3OS/c1-20(12-8-10-13(21-2)11-9-12)16-14-6-4-5-7-15(14)18-17(19-16)22-3/h4-11H,1-3H3. The summed E-state index contributed by atoms with van der Waals surface area (Å²) in [7, 11) is 3.68. The summed E-state index contributed by atoms with van der Waals surface area (Å²) in [6.07, 6.45) is 1.99. The Labute approximate surface area is 134 Å². The fraction of sp³-hybridized carbons (Fsp3) is 0.176. The molecule has 0 aliphatic carbocycles. The highest BCUT2D eigenvalue weighted by Gasteiger charge is 2.12. The third-order valence-corrected chi connectivity index (χ3v) is 4.07. The van der Waals surface area contributed by atoms with Crippen molar-refractivity contribution in [3.05, 3.63) is 48.5 Å². The molecular formula is C17H17N3OS. The van der Waals surface area contributed by atoms with Gasteiger partial charge in [-0.05, 0) is 42.7 Å². The molecule has 0 spiro atoms. The molecule has 3 aromatic rings. The topological polar surface area (TPSA) is 38.2 Å². The molecule has 1 heterocycles. The Kier molecular flexibility index (Phi) is 4.15. The van der Waals surface area contributed by atoms with E-state index in [-0.39, 0.29) is 0 Å². The van der Waals surface area contributed by atoms with Crippen LogP contribution >= 0.6 is 11.8 Å². The van der Waals surface area contributed by atoms with Crippen LogP contribution in [0.1, 0.15) is 0 Å². The normalized spacial score (nSPS) is 10.7. The van der Waals surface area contributed by atoms with Crippen LogP contribution in [0, 0.1) is 0 Å². The molecule has 0 N–H and O–H groups in total. The lowest BCUT2D eigenvalue weighted by Gasteiger charge is -2.20. The van der Waals surface area contributed by atoms with E-state index in [2.05, 4.69) is 20.9 Å². The maximum atomic E-state index is 5.21. The van der Waals surface area contributed by atoms with E-state index in [4.69, 9.17) is 4.74 Å². The van der Waals surface area contributed by atoms with Crippen LogP contribution in [-0.2, 0) is 0 Å². The van der Waals surface area contributed by atoms with E-state index >= 15 is 0 Å². The lowest BCUT2D eigenvalue weighted by Crippen LogP contribution is -2.12. The summed E-state index contributed by atoms with van der Waals surface area (Å²) in [6, 6.07) is 16.0. The van der Waals surface area contributed by atoms with E-state index in [1.807, 2.05) is 55.8 Å². The fourth-order valence-electron chi connectivity index (χ4n) is 2.31. The summed E-state index contributed by atoms with van der Waals surface area (Å²) in [4.78, 5) is 11.3. The van der Waals surface area contributed by atoms with Crippen LogP contribution in [0.3, 0.4) is 0 Å². The summed E-state index contributed by atoms with van der Waals surface area (Å²) in [5, 5.41) is 1.81. The summed E-state index contributed by atoms with van der Waals surface area (Å²) < 4.78 is 5.21. The van der Waals surface area contributed by atoms with Crippen molar-refractivity contribution in [1.82, 2.24) is 9.97 Å². The van der Waals surface area contributed by atoms with E-state index < -0.39 is 0 Å². The lowest BCUT2D eigenvalue weighted by atomic mass is 10.2. The number of rotatable bonds is 4. The van der Waals surface area contributed by atoms with Crippen LogP contribution in [0.15, 0.2) is 53.7 Å². The molecule has 0 aliphatic heterocycles. The molecule has 0 unspecified atom stereocenters. The highest BCUT2D eigenvalue weighted by molar-refractivity contribution is 7.98. The number of methoxy groups -OCH3 is 1. The molecule has 22 heavy (non-hydrogen) atoms. The summed E-state index contributed by atoms with van der Waals surface area (Å²) in [5.74, 6) is 1.75. The van der Waals surface area contributed by atoms with Gasteiger partial charge in [-0.3, -0.25) is 0 Å². The zero-order valence-corrected chi connectivity index (χ0v) is 13.6. The van der Waals surface area contributed by atoms with Crippen molar-refractivity contribution in [2.45, 2.75) is 5.16 Å². The molecule has 0 atom stereocenters. The molecular weight excluding hydrogens is 294 g/mol. The molecule has 1 aromatic heterocycles. The summed E-state index contributed by atoms with van der Waals surface area (Å²) in [5.41, 5.74) is 2.01. The molecule has 112 valence electrons. The SMILES string of the molecule is COc1ccc(N(C)c2nc(SC)nc3ccccc23)cc1. The van der Waals surface area contributed by atoms with E-state index in [0.717, 1.165) is 33.3 Å². The molecule has 0 bridgehead atoms. The zero-order valence-electron chi connectivity index (χ0n) is 12.8. The molecule has 0 saturated carbocycles. The first kappa shape index (κ1) is 14.7. The van der Waals surface area contributed by atoms with E-state index in [9.17, 15) is 0 Å². The Balaban J connectivity index is 2.10. The van der Waals surface area contributed by atoms with Gasteiger partial charge in [0.15, 0.2) is 5.16 Å². The first-order valence-corrected chi connectivity index (χ1v) is 8.14. The molecule has 3 rings (SSSR count). The second-order valence-electron chi connectivity index (χ2n) is 4.81. The zero-order chi connectivity index (χ0) is 15.5. The minimum Gasteiger partial charge on any atom is -0.497 e. The monoisotopic (exact) mass is 311 g/mol. The number of ether oxygens (including phenoxy) is 1. The van der Waals surface area contributed by atoms with E-state index in [0.29, 0.717) is 0 Å². The molecule has 4 nitrogen and oxygen atoms in total. The third-order valence-electron chi connectivity index (χ3n) is 3.52. The number of thioether (sulfide) groups is 1. The average Bonchev–Trinajstić information content (AvgIpc) is 2.60. The minimum atomic E-state index is 0.772. The van der Waals surface area contributed by atoms with Gasteiger partial charge in [0, 0.05) is 18.1 Å². The van der Waals surface area contributed by atoms with Gasteiger partial charge >= 0.3 is 0 Å². The molecule has 0 radical (unpaired) electrons. The van der Waals surface area contributed by atoms with Crippen molar-refractivity contribution in [1.29, 1.82) is 0 Å². The van der Waals surface area contributed by atoms with E-state index in [1.54, 1.807) is 18.9 Å². The Morgan fingerprint density at radius 1 is 1.00 bits per heavy atom. The van der Waals surface area contributed by atoms with Crippen molar-refractivity contribution in [2.75, 3.05) is 25.3 Å². The van der Waals surface area contributed by atoms with E-state index in [1.165, 1.54) is 0 Å². The van der Waals surface area contributed by atoms with Crippen LogP contribution in [-0.4, -0.2) is 30.4 Å². The van der Waals surface area contributed by atoms with Crippen molar-refractivity contribution in [3.8, 4) is 5.75 Å². The number of aromatic nitrogens is 2. The first-order chi connectivity index (χ1) is 10.7. The maximum absolute atomic E-state index is 5.21. The Hall–Kier alpha value is -2.27. The van der Waals surface area contributed by atoms with Gasteiger partial charge < -0.3 is 9.64 Å². The number of benzene rings is 2. The first-order valence-electron chi connectivity index (χ1n) is 6.91. The van der Waals surface area contributed by atoms with Gasteiger partial charge in [0.25, 0.3) is 0 Å². The fourth-order valence-corrected chi connectivity index (χ4v) is 2.68. The number of fused-ring (bicyclic) bond motifs is 1. The predicted octanol–water partition coefficient (Wildman–Crippen LogP) is 4.13. The van der Waals surface area contributed by atoms with Gasteiger partial charge in [0.1, 0.15) is 11.6 Å². The minimum absolute atomic E-state index is 0.772. The van der Waals surface area contributed by atoms with Crippen LogP contribution in [0.2, 0.25) is 0 Å². The number of anilines is 2. The van der Waals surface area contributed by atoms with Gasteiger partial charge in [-0.1, -0.05) is 23.9 Å². The molecule has 0 aliphatic rings. The van der Waals surface area contributed by atoms with Crippen molar-refractivity contribution in [2.24, 2.45) is 0 Å². The molecule has 0 fully saturated rings. The van der Waals surface area contributed by atoms with Crippen LogP contribution < -0.4 is 9.64 Å². The highest BCUT2D eigenvalue weighted by Crippen LogP contribution is 2.31.